The van der Waals surface area contributed by atoms with Crippen molar-refractivity contribution in [2.75, 3.05) is 13.1 Å². The molecule has 2 N–H and O–H groups in total. The standard InChI is InChI=1S/C14H20N2O3S/c1-10(15)11-3-2-4-14(7-11)20(17,18)16-8-12-5-6-13(9-16)19-12/h2-4,7,10,12-13H,5-6,8-9,15H2,1H3. The normalized spacial score (nSPS) is 28.5. The lowest BCUT2D eigenvalue weighted by atomic mass is 10.1. The first-order valence-electron chi connectivity index (χ1n) is 6.98. The number of nitrogens with zero attached hydrogens (tertiary/aromatic N) is 1. The molecule has 3 rings (SSSR count). The van der Waals surface area contributed by atoms with Crippen LogP contribution >= 0.6 is 0 Å². The molecule has 0 saturated carbocycles. The van der Waals surface area contributed by atoms with Gasteiger partial charge in [0.1, 0.15) is 0 Å². The van der Waals surface area contributed by atoms with Crippen LogP contribution < -0.4 is 5.73 Å². The number of hydrogen-bond acceptors (Lipinski definition) is 4. The Balaban J connectivity index is 1.90. The molecule has 1 aromatic rings. The fourth-order valence-corrected chi connectivity index (χ4v) is 4.44. The number of nitrogens with two attached hydrogens (primary N) is 1. The monoisotopic (exact) mass is 296 g/mol. The molecule has 3 atom stereocenters. The highest BCUT2D eigenvalue weighted by Crippen LogP contribution is 2.30. The van der Waals surface area contributed by atoms with E-state index in [1.807, 2.05) is 13.0 Å². The van der Waals surface area contributed by atoms with Crippen LogP contribution in [0.4, 0.5) is 0 Å². The van der Waals surface area contributed by atoms with E-state index in [0.717, 1.165) is 18.4 Å². The van der Waals surface area contributed by atoms with E-state index >= 15 is 0 Å². The SMILES string of the molecule is CC(N)c1cccc(S(=O)(=O)N2CC3CCC(C2)O3)c1. The predicted octanol–water partition coefficient (Wildman–Crippen LogP) is 1.26. The molecule has 2 aliphatic rings. The Bertz CT molecular complexity index is 588. The van der Waals surface area contributed by atoms with Crippen LogP contribution in [0.15, 0.2) is 29.2 Å². The number of sulfonamides is 1. The van der Waals surface area contributed by atoms with Gasteiger partial charge in [-0.25, -0.2) is 8.42 Å². The van der Waals surface area contributed by atoms with Crippen molar-refractivity contribution in [3.8, 4) is 0 Å². The summed E-state index contributed by atoms with van der Waals surface area (Å²) >= 11 is 0. The van der Waals surface area contributed by atoms with Crippen LogP contribution in [-0.2, 0) is 14.8 Å². The van der Waals surface area contributed by atoms with Crippen LogP contribution in [0.1, 0.15) is 31.4 Å². The summed E-state index contributed by atoms with van der Waals surface area (Å²) < 4.78 is 32.7. The number of fused-ring (bicyclic) bond motifs is 2. The zero-order chi connectivity index (χ0) is 14.3. The molecule has 0 aromatic heterocycles. The first kappa shape index (κ1) is 14.0. The van der Waals surface area contributed by atoms with Crippen molar-refractivity contribution in [1.29, 1.82) is 0 Å². The average Bonchev–Trinajstić information content (AvgIpc) is 2.77. The predicted molar refractivity (Wildman–Crippen MR) is 75.7 cm³/mol. The average molecular weight is 296 g/mol. The summed E-state index contributed by atoms with van der Waals surface area (Å²) in [6, 6.07) is 6.74. The molecule has 0 radical (unpaired) electrons. The van der Waals surface area contributed by atoms with Crippen molar-refractivity contribution in [3.63, 3.8) is 0 Å². The summed E-state index contributed by atoms with van der Waals surface area (Å²) in [5.41, 5.74) is 6.67. The highest BCUT2D eigenvalue weighted by molar-refractivity contribution is 7.89. The molecule has 2 aliphatic heterocycles. The second kappa shape index (κ2) is 5.11. The second-order valence-electron chi connectivity index (χ2n) is 5.64. The van der Waals surface area contributed by atoms with Crippen LogP contribution in [0.3, 0.4) is 0 Å². The molecule has 2 bridgehead atoms. The molecule has 20 heavy (non-hydrogen) atoms. The highest BCUT2D eigenvalue weighted by Gasteiger charge is 2.39. The van der Waals surface area contributed by atoms with Crippen molar-refractivity contribution in [3.05, 3.63) is 29.8 Å². The van der Waals surface area contributed by atoms with Gasteiger partial charge in [-0.3, -0.25) is 0 Å². The summed E-state index contributed by atoms with van der Waals surface area (Å²) in [5, 5.41) is 0. The third-order valence-corrected chi connectivity index (χ3v) is 5.86. The molecule has 110 valence electrons. The number of morpholine rings is 1. The Kier molecular flexibility index (Phi) is 3.58. The minimum absolute atomic E-state index is 0.0557. The Morgan fingerprint density at radius 1 is 1.30 bits per heavy atom. The van der Waals surface area contributed by atoms with Gasteiger partial charge in [0.2, 0.25) is 10.0 Å². The molecule has 2 heterocycles. The third-order valence-electron chi connectivity index (χ3n) is 4.03. The quantitative estimate of drug-likeness (QED) is 0.911. The van der Waals surface area contributed by atoms with Gasteiger partial charge < -0.3 is 10.5 Å². The van der Waals surface area contributed by atoms with Gasteiger partial charge in [-0.05, 0) is 37.5 Å². The van der Waals surface area contributed by atoms with E-state index in [4.69, 9.17) is 10.5 Å². The van der Waals surface area contributed by atoms with Crippen molar-refractivity contribution in [1.82, 2.24) is 4.31 Å². The number of ether oxygens (including phenoxy) is 1. The van der Waals surface area contributed by atoms with Crippen molar-refractivity contribution in [2.24, 2.45) is 5.73 Å². The summed E-state index contributed by atoms with van der Waals surface area (Å²) in [6.07, 6.45) is 2.02. The van der Waals surface area contributed by atoms with Gasteiger partial charge in [-0.1, -0.05) is 12.1 Å². The minimum atomic E-state index is -3.45. The van der Waals surface area contributed by atoms with Gasteiger partial charge >= 0.3 is 0 Å². The molecule has 0 aliphatic carbocycles. The molecule has 2 fully saturated rings. The first-order chi connectivity index (χ1) is 9.46. The maximum atomic E-state index is 12.7. The first-order valence-corrected chi connectivity index (χ1v) is 8.42. The van der Waals surface area contributed by atoms with E-state index in [2.05, 4.69) is 0 Å². The zero-order valence-corrected chi connectivity index (χ0v) is 12.3. The molecule has 5 nitrogen and oxygen atoms in total. The van der Waals surface area contributed by atoms with Gasteiger partial charge in [-0.2, -0.15) is 4.31 Å². The number of hydrogen-bond donors (Lipinski definition) is 1. The second-order valence-corrected chi connectivity index (χ2v) is 7.58. The van der Waals surface area contributed by atoms with Crippen molar-refractivity contribution in [2.45, 2.75) is 42.9 Å². The van der Waals surface area contributed by atoms with Gasteiger partial charge in [-0.15, -0.1) is 0 Å². The van der Waals surface area contributed by atoms with Gasteiger partial charge in [0.05, 0.1) is 17.1 Å². The Morgan fingerprint density at radius 3 is 2.55 bits per heavy atom. The van der Waals surface area contributed by atoms with Crippen LogP contribution in [-0.4, -0.2) is 38.0 Å². The van der Waals surface area contributed by atoms with Crippen LogP contribution in [0.5, 0.6) is 0 Å². The highest BCUT2D eigenvalue weighted by atomic mass is 32.2. The summed E-state index contributed by atoms with van der Waals surface area (Å²) in [4.78, 5) is 0.327. The summed E-state index contributed by atoms with van der Waals surface area (Å²) in [5.74, 6) is 0. The Morgan fingerprint density at radius 2 is 1.95 bits per heavy atom. The van der Waals surface area contributed by atoms with Crippen molar-refractivity contribution >= 4 is 10.0 Å². The lowest BCUT2D eigenvalue weighted by Crippen LogP contribution is -2.45. The van der Waals surface area contributed by atoms with E-state index in [1.165, 1.54) is 0 Å². The van der Waals surface area contributed by atoms with Crippen molar-refractivity contribution < 1.29 is 13.2 Å². The third kappa shape index (κ3) is 2.48. The maximum absolute atomic E-state index is 12.7. The molecule has 0 amide bonds. The molecular formula is C14H20N2O3S. The fraction of sp³-hybridized carbons (Fsp3) is 0.571. The molecule has 0 spiro atoms. The molecule has 1 aromatic carbocycles. The Labute approximate surface area is 119 Å². The topological polar surface area (TPSA) is 72.6 Å². The molecule has 2 saturated heterocycles. The van der Waals surface area contributed by atoms with E-state index in [9.17, 15) is 8.42 Å². The van der Waals surface area contributed by atoms with E-state index in [-0.39, 0.29) is 18.2 Å². The molecule has 3 unspecified atom stereocenters. The lowest BCUT2D eigenvalue weighted by Gasteiger charge is -2.31. The van der Waals surface area contributed by atoms with Gasteiger partial charge in [0, 0.05) is 19.1 Å². The largest absolute Gasteiger partial charge is 0.372 e. The van der Waals surface area contributed by atoms with E-state index in [0.29, 0.717) is 18.0 Å². The van der Waals surface area contributed by atoms with Crippen LogP contribution in [0, 0.1) is 0 Å². The smallest absolute Gasteiger partial charge is 0.243 e. The van der Waals surface area contributed by atoms with Crippen LogP contribution in [0.2, 0.25) is 0 Å². The van der Waals surface area contributed by atoms with E-state index < -0.39 is 10.0 Å². The molecule has 6 heteroatoms. The van der Waals surface area contributed by atoms with Gasteiger partial charge in [0.25, 0.3) is 0 Å². The van der Waals surface area contributed by atoms with Crippen LogP contribution in [0.25, 0.3) is 0 Å². The summed E-state index contributed by atoms with van der Waals surface area (Å²) in [6.45, 7) is 2.77. The number of rotatable bonds is 3. The van der Waals surface area contributed by atoms with Gasteiger partial charge in [0.15, 0.2) is 0 Å². The zero-order valence-electron chi connectivity index (χ0n) is 11.5. The lowest BCUT2D eigenvalue weighted by molar-refractivity contribution is -0.0114. The minimum Gasteiger partial charge on any atom is -0.372 e. The Hall–Kier alpha value is -0.950. The molecular weight excluding hydrogens is 276 g/mol. The summed E-state index contributed by atoms with van der Waals surface area (Å²) in [7, 11) is -3.45. The fourth-order valence-electron chi connectivity index (χ4n) is 2.88. The maximum Gasteiger partial charge on any atom is 0.243 e. The number of benzene rings is 1. The van der Waals surface area contributed by atoms with E-state index in [1.54, 1.807) is 22.5 Å².